The number of nitrogens with one attached hydrogen (secondary N) is 1. The average molecular weight is 201 g/mol. The lowest BCUT2D eigenvalue weighted by atomic mass is 9.94. The zero-order valence-corrected chi connectivity index (χ0v) is 9.29. The van der Waals surface area contributed by atoms with E-state index in [1.807, 2.05) is 13.8 Å². The van der Waals surface area contributed by atoms with Gasteiger partial charge in [-0.2, -0.15) is 0 Å². The highest BCUT2D eigenvalue weighted by Crippen LogP contribution is 2.10. The third-order valence-corrected chi connectivity index (χ3v) is 2.37. The third-order valence-electron chi connectivity index (χ3n) is 2.37. The van der Waals surface area contributed by atoms with Gasteiger partial charge in [0.15, 0.2) is 5.78 Å². The summed E-state index contributed by atoms with van der Waals surface area (Å²) >= 11 is 0. The molecule has 0 aromatic carbocycles. The normalized spacial score (nSPS) is 14.3. The average Bonchev–Trinajstić information content (AvgIpc) is 2.23. The number of amides is 1. The first kappa shape index (κ1) is 12.9. The molecule has 0 aliphatic heterocycles. The molecule has 82 valence electrons. The van der Waals surface area contributed by atoms with Gasteiger partial charge in [-0.15, -0.1) is 0 Å². The smallest absolute Gasteiger partial charge is 0.407 e. The molecule has 4 nitrogen and oxygen atoms in total. The highest BCUT2D eigenvalue weighted by Gasteiger charge is 2.24. The van der Waals surface area contributed by atoms with Gasteiger partial charge in [-0.05, 0) is 5.92 Å². The molecule has 0 saturated carbocycles. The van der Waals surface area contributed by atoms with Crippen LogP contribution in [0.3, 0.4) is 0 Å². The standard InChI is InChI=1S/C10H19NO3/c1-5-7(3)9(8(12)6-2)11-10(13)14-4/h7,9H,5-6H2,1-4H3,(H,11,13)/t7-,9?/m0/s1. The maximum atomic E-state index is 11.5. The third kappa shape index (κ3) is 3.77. The van der Waals surface area contributed by atoms with Gasteiger partial charge in [-0.25, -0.2) is 4.79 Å². The molecule has 0 heterocycles. The van der Waals surface area contributed by atoms with Gasteiger partial charge in [0.05, 0.1) is 13.2 Å². The molecule has 2 atom stereocenters. The summed E-state index contributed by atoms with van der Waals surface area (Å²) in [6.45, 7) is 5.71. The zero-order chi connectivity index (χ0) is 11.1. The number of carbonyl (C=O) groups excluding carboxylic acids is 2. The molecule has 0 radical (unpaired) electrons. The van der Waals surface area contributed by atoms with Crippen molar-refractivity contribution < 1.29 is 14.3 Å². The molecule has 14 heavy (non-hydrogen) atoms. The molecule has 0 aromatic heterocycles. The van der Waals surface area contributed by atoms with Crippen molar-refractivity contribution in [3.63, 3.8) is 0 Å². The first-order chi connectivity index (χ1) is 6.56. The summed E-state index contributed by atoms with van der Waals surface area (Å²) in [7, 11) is 1.29. The maximum absolute atomic E-state index is 11.5. The van der Waals surface area contributed by atoms with Crippen LogP contribution in [0, 0.1) is 5.92 Å². The Morgan fingerprint density at radius 2 is 1.93 bits per heavy atom. The van der Waals surface area contributed by atoms with Crippen LogP contribution in [0.1, 0.15) is 33.6 Å². The first-order valence-electron chi connectivity index (χ1n) is 4.93. The van der Waals surface area contributed by atoms with Gasteiger partial charge in [0.1, 0.15) is 0 Å². The van der Waals surface area contributed by atoms with E-state index in [-0.39, 0.29) is 11.7 Å². The van der Waals surface area contributed by atoms with Crippen molar-refractivity contribution in [1.29, 1.82) is 0 Å². The molecule has 0 saturated heterocycles. The fourth-order valence-corrected chi connectivity index (χ4v) is 1.18. The van der Waals surface area contributed by atoms with E-state index in [9.17, 15) is 9.59 Å². The van der Waals surface area contributed by atoms with E-state index in [1.165, 1.54) is 7.11 Å². The van der Waals surface area contributed by atoms with E-state index in [0.717, 1.165) is 6.42 Å². The quantitative estimate of drug-likeness (QED) is 0.737. The summed E-state index contributed by atoms with van der Waals surface area (Å²) in [5.41, 5.74) is 0. The van der Waals surface area contributed by atoms with E-state index < -0.39 is 12.1 Å². The van der Waals surface area contributed by atoms with Crippen LogP contribution in [0.5, 0.6) is 0 Å². The number of carbonyl (C=O) groups is 2. The van der Waals surface area contributed by atoms with Gasteiger partial charge >= 0.3 is 6.09 Å². The molecular formula is C10H19NO3. The summed E-state index contributed by atoms with van der Waals surface area (Å²) in [6.07, 6.45) is 0.733. The maximum Gasteiger partial charge on any atom is 0.407 e. The lowest BCUT2D eigenvalue weighted by Crippen LogP contribution is -2.44. The SMILES string of the molecule is CCC(=O)C(NC(=O)OC)[C@@H](C)CC. The molecule has 0 rings (SSSR count). The fraction of sp³-hybridized carbons (Fsp3) is 0.800. The van der Waals surface area contributed by atoms with Gasteiger partial charge in [-0.1, -0.05) is 27.2 Å². The summed E-state index contributed by atoms with van der Waals surface area (Å²) in [5.74, 6) is 0.186. The van der Waals surface area contributed by atoms with Crippen molar-refractivity contribution >= 4 is 11.9 Å². The molecule has 0 bridgehead atoms. The molecule has 1 unspecified atom stereocenters. The molecule has 0 fully saturated rings. The number of hydrogen-bond donors (Lipinski definition) is 1. The zero-order valence-electron chi connectivity index (χ0n) is 9.29. The van der Waals surface area contributed by atoms with Crippen LogP contribution in [0.2, 0.25) is 0 Å². The van der Waals surface area contributed by atoms with E-state index in [0.29, 0.717) is 6.42 Å². The highest BCUT2D eigenvalue weighted by atomic mass is 16.5. The minimum absolute atomic E-state index is 0.0461. The van der Waals surface area contributed by atoms with Crippen molar-refractivity contribution in [1.82, 2.24) is 5.32 Å². The summed E-state index contributed by atoms with van der Waals surface area (Å²) < 4.78 is 4.47. The number of hydrogen-bond acceptors (Lipinski definition) is 3. The molecular weight excluding hydrogens is 182 g/mol. The minimum atomic E-state index is -0.544. The number of ketones is 1. The van der Waals surface area contributed by atoms with E-state index >= 15 is 0 Å². The first-order valence-corrected chi connectivity index (χ1v) is 4.93. The van der Waals surface area contributed by atoms with Gasteiger partial charge in [0.25, 0.3) is 0 Å². The minimum Gasteiger partial charge on any atom is -0.453 e. The van der Waals surface area contributed by atoms with Crippen molar-refractivity contribution in [3.8, 4) is 0 Å². The summed E-state index contributed by atoms with van der Waals surface area (Å²) in [5, 5.41) is 2.56. The number of Topliss-reactive ketones (excluding diaryl/α,β-unsaturated/α-hetero) is 1. The number of ether oxygens (including phenoxy) is 1. The number of alkyl carbamates (subject to hydrolysis) is 1. The van der Waals surface area contributed by atoms with E-state index in [4.69, 9.17) is 0 Å². The Kier molecular flexibility index (Phi) is 5.92. The van der Waals surface area contributed by atoms with Crippen molar-refractivity contribution in [2.75, 3.05) is 7.11 Å². The number of rotatable bonds is 5. The molecule has 1 amide bonds. The predicted octanol–water partition coefficient (Wildman–Crippen LogP) is 1.74. The van der Waals surface area contributed by atoms with Crippen LogP contribution in [0.25, 0.3) is 0 Å². The Balaban J connectivity index is 4.39. The van der Waals surface area contributed by atoms with Crippen LogP contribution in [-0.2, 0) is 9.53 Å². The van der Waals surface area contributed by atoms with Crippen LogP contribution in [0.4, 0.5) is 4.79 Å². The Morgan fingerprint density at radius 3 is 2.29 bits per heavy atom. The second kappa shape index (κ2) is 6.40. The van der Waals surface area contributed by atoms with Crippen LogP contribution in [0.15, 0.2) is 0 Å². The Labute approximate surface area is 85.0 Å². The summed E-state index contributed by atoms with van der Waals surface area (Å²) in [4.78, 5) is 22.5. The van der Waals surface area contributed by atoms with Crippen LogP contribution in [-0.4, -0.2) is 25.0 Å². The molecule has 4 heteroatoms. The highest BCUT2D eigenvalue weighted by molar-refractivity contribution is 5.87. The molecule has 0 aromatic rings. The van der Waals surface area contributed by atoms with Crippen molar-refractivity contribution in [3.05, 3.63) is 0 Å². The largest absolute Gasteiger partial charge is 0.453 e. The van der Waals surface area contributed by atoms with Gasteiger partial charge in [-0.3, -0.25) is 4.79 Å². The topological polar surface area (TPSA) is 55.4 Å². The molecule has 0 spiro atoms. The Bertz CT molecular complexity index is 204. The Morgan fingerprint density at radius 1 is 1.36 bits per heavy atom. The lowest BCUT2D eigenvalue weighted by Gasteiger charge is -2.21. The molecule has 0 aliphatic rings. The van der Waals surface area contributed by atoms with Crippen LogP contribution < -0.4 is 5.32 Å². The Hall–Kier alpha value is -1.06. The summed E-state index contributed by atoms with van der Waals surface area (Å²) in [6, 6.07) is -0.419. The van der Waals surface area contributed by atoms with Gasteiger partial charge in [0, 0.05) is 6.42 Å². The second-order valence-corrected chi connectivity index (χ2v) is 3.32. The van der Waals surface area contributed by atoms with Crippen molar-refractivity contribution in [2.24, 2.45) is 5.92 Å². The predicted molar refractivity (Wildman–Crippen MR) is 54.1 cm³/mol. The molecule has 0 aliphatic carbocycles. The lowest BCUT2D eigenvalue weighted by molar-refractivity contribution is -0.121. The van der Waals surface area contributed by atoms with Gasteiger partial charge < -0.3 is 10.1 Å². The second-order valence-electron chi connectivity index (χ2n) is 3.32. The van der Waals surface area contributed by atoms with Crippen molar-refractivity contribution in [2.45, 2.75) is 39.7 Å². The van der Waals surface area contributed by atoms with Crippen LogP contribution >= 0.6 is 0 Å². The number of methoxy groups -OCH3 is 1. The fourth-order valence-electron chi connectivity index (χ4n) is 1.18. The molecule has 1 N–H and O–H groups in total. The van der Waals surface area contributed by atoms with Gasteiger partial charge in [0.2, 0.25) is 0 Å². The monoisotopic (exact) mass is 201 g/mol. The van der Waals surface area contributed by atoms with E-state index in [1.54, 1.807) is 6.92 Å². The van der Waals surface area contributed by atoms with E-state index in [2.05, 4.69) is 10.1 Å².